The molecular weight excluding hydrogens is 259 g/mol. The van der Waals surface area contributed by atoms with Crippen molar-refractivity contribution in [3.63, 3.8) is 0 Å². The highest BCUT2D eigenvalue weighted by atomic mass is 32.1. The molecule has 0 radical (unpaired) electrons. The Bertz CT molecular complexity index is 551. The van der Waals surface area contributed by atoms with E-state index in [0.717, 1.165) is 29.8 Å². The first-order valence-corrected chi connectivity index (χ1v) is 7.38. The number of likely N-dealkylation sites (N-methyl/N-ethyl adjacent to an activating group) is 1. The summed E-state index contributed by atoms with van der Waals surface area (Å²) in [7, 11) is 0. The highest BCUT2D eigenvalue weighted by Gasteiger charge is 2.17. The van der Waals surface area contributed by atoms with Gasteiger partial charge in [-0.3, -0.25) is 0 Å². The monoisotopic (exact) mass is 278 g/mol. The summed E-state index contributed by atoms with van der Waals surface area (Å²) in [5.74, 6) is -0.170. The van der Waals surface area contributed by atoms with Gasteiger partial charge in [0.05, 0.1) is 11.2 Å². The Morgan fingerprint density at radius 2 is 2.16 bits per heavy atom. The van der Waals surface area contributed by atoms with Crippen molar-refractivity contribution in [3.05, 3.63) is 51.2 Å². The number of hydrogen-bond acceptors (Lipinski definition) is 3. The van der Waals surface area contributed by atoms with Gasteiger partial charge in [-0.15, -0.1) is 11.3 Å². The molecule has 0 spiro atoms. The molecule has 102 valence electrons. The van der Waals surface area contributed by atoms with Crippen LogP contribution < -0.4 is 5.32 Å². The van der Waals surface area contributed by atoms with Crippen LogP contribution in [0.2, 0.25) is 0 Å². The summed E-state index contributed by atoms with van der Waals surface area (Å²) in [5, 5.41) is 3.47. The van der Waals surface area contributed by atoms with Crippen molar-refractivity contribution in [1.82, 2.24) is 10.3 Å². The molecule has 1 aromatic carbocycles. The fourth-order valence-electron chi connectivity index (χ4n) is 2.23. The van der Waals surface area contributed by atoms with Crippen molar-refractivity contribution in [1.29, 1.82) is 0 Å². The number of halogens is 1. The fraction of sp³-hybridized carbons (Fsp3) is 0.400. The van der Waals surface area contributed by atoms with E-state index in [1.807, 2.05) is 25.4 Å². The van der Waals surface area contributed by atoms with Gasteiger partial charge < -0.3 is 5.32 Å². The number of thiazole rings is 1. The van der Waals surface area contributed by atoms with Gasteiger partial charge in [0, 0.05) is 10.9 Å². The van der Waals surface area contributed by atoms with Gasteiger partial charge in [0.25, 0.3) is 0 Å². The summed E-state index contributed by atoms with van der Waals surface area (Å²) in [6.07, 6.45) is 0.792. The second-order valence-corrected chi connectivity index (χ2v) is 5.57. The van der Waals surface area contributed by atoms with Crippen molar-refractivity contribution in [3.8, 4) is 0 Å². The lowest BCUT2D eigenvalue weighted by Gasteiger charge is -2.18. The molecule has 1 N–H and O–H groups in total. The smallest absolute Gasteiger partial charge is 0.123 e. The summed E-state index contributed by atoms with van der Waals surface area (Å²) in [6.45, 7) is 7.02. The standard InChI is InChI=1S/C15H19FN2S/c1-4-17-14(15-11(3)18-9-19-15)8-12-7-13(16)6-5-10(12)2/h5-7,9,14,17H,4,8H2,1-3H3. The third-order valence-corrected chi connectivity index (χ3v) is 4.33. The summed E-state index contributed by atoms with van der Waals surface area (Å²) < 4.78 is 13.4. The summed E-state index contributed by atoms with van der Waals surface area (Å²) in [6, 6.07) is 5.19. The summed E-state index contributed by atoms with van der Waals surface area (Å²) in [5.41, 5.74) is 5.11. The van der Waals surface area contributed by atoms with Crippen LogP contribution in [-0.2, 0) is 6.42 Å². The van der Waals surface area contributed by atoms with Gasteiger partial charge in [-0.2, -0.15) is 0 Å². The zero-order valence-corrected chi connectivity index (χ0v) is 12.4. The molecule has 1 heterocycles. The number of nitrogens with zero attached hydrogens (tertiary/aromatic N) is 1. The van der Waals surface area contributed by atoms with Crippen LogP contribution >= 0.6 is 11.3 Å². The van der Waals surface area contributed by atoms with E-state index in [-0.39, 0.29) is 11.9 Å². The van der Waals surface area contributed by atoms with Gasteiger partial charge in [0.15, 0.2) is 0 Å². The van der Waals surface area contributed by atoms with Crippen LogP contribution in [-0.4, -0.2) is 11.5 Å². The third-order valence-electron chi connectivity index (χ3n) is 3.28. The van der Waals surface area contributed by atoms with E-state index >= 15 is 0 Å². The number of aryl methyl sites for hydroxylation is 2. The molecule has 2 aromatic rings. The van der Waals surface area contributed by atoms with E-state index in [1.165, 1.54) is 10.9 Å². The van der Waals surface area contributed by atoms with Gasteiger partial charge in [-0.25, -0.2) is 9.37 Å². The Morgan fingerprint density at radius 1 is 1.37 bits per heavy atom. The molecule has 2 rings (SSSR count). The average Bonchev–Trinajstić information content (AvgIpc) is 2.79. The molecule has 0 amide bonds. The number of aromatic nitrogens is 1. The lowest BCUT2D eigenvalue weighted by Crippen LogP contribution is -2.23. The zero-order chi connectivity index (χ0) is 13.8. The van der Waals surface area contributed by atoms with Crippen LogP contribution in [0.5, 0.6) is 0 Å². The second-order valence-electron chi connectivity index (χ2n) is 4.69. The highest BCUT2D eigenvalue weighted by Crippen LogP contribution is 2.26. The van der Waals surface area contributed by atoms with E-state index < -0.39 is 0 Å². The Hall–Kier alpha value is -1.26. The molecule has 1 atom stereocenters. The lowest BCUT2D eigenvalue weighted by atomic mass is 9.99. The molecule has 0 aliphatic carbocycles. The molecule has 0 saturated heterocycles. The van der Waals surface area contributed by atoms with Crippen LogP contribution in [0.3, 0.4) is 0 Å². The first-order valence-electron chi connectivity index (χ1n) is 6.50. The molecule has 0 saturated carbocycles. The zero-order valence-electron chi connectivity index (χ0n) is 11.5. The summed E-state index contributed by atoms with van der Waals surface area (Å²) in [4.78, 5) is 5.55. The van der Waals surface area contributed by atoms with Crippen molar-refractivity contribution >= 4 is 11.3 Å². The van der Waals surface area contributed by atoms with Crippen molar-refractivity contribution in [2.75, 3.05) is 6.54 Å². The topological polar surface area (TPSA) is 24.9 Å². The molecule has 19 heavy (non-hydrogen) atoms. The normalized spacial score (nSPS) is 12.6. The van der Waals surface area contributed by atoms with Crippen molar-refractivity contribution < 1.29 is 4.39 Å². The van der Waals surface area contributed by atoms with E-state index in [2.05, 4.69) is 17.2 Å². The molecule has 0 fully saturated rings. The van der Waals surface area contributed by atoms with E-state index in [1.54, 1.807) is 17.4 Å². The van der Waals surface area contributed by atoms with E-state index in [0.29, 0.717) is 0 Å². The minimum absolute atomic E-state index is 0.170. The second kappa shape index (κ2) is 6.26. The van der Waals surface area contributed by atoms with Crippen LogP contribution in [0.15, 0.2) is 23.7 Å². The third kappa shape index (κ3) is 3.39. The quantitative estimate of drug-likeness (QED) is 0.900. The van der Waals surface area contributed by atoms with E-state index in [4.69, 9.17) is 0 Å². The minimum Gasteiger partial charge on any atom is -0.309 e. The molecule has 0 aliphatic rings. The first kappa shape index (κ1) is 14.2. The van der Waals surface area contributed by atoms with Crippen LogP contribution in [0.4, 0.5) is 4.39 Å². The SMILES string of the molecule is CCNC(Cc1cc(F)ccc1C)c1scnc1C. The fourth-order valence-corrected chi connectivity index (χ4v) is 3.11. The summed E-state index contributed by atoms with van der Waals surface area (Å²) >= 11 is 1.66. The molecule has 1 unspecified atom stereocenters. The molecule has 4 heteroatoms. The predicted octanol–water partition coefficient (Wildman–Crippen LogP) is 3.79. The van der Waals surface area contributed by atoms with Crippen molar-refractivity contribution in [2.45, 2.75) is 33.2 Å². The molecule has 2 nitrogen and oxygen atoms in total. The Balaban J connectivity index is 2.26. The first-order chi connectivity index (χ1) is 9.11. The van der Waals surface area contributed by atoms with Gasteiger partial charge in [0.2, 0.25) is 0 Å². The van der Waals surface area contributed by atoms with Crippen LogP contribution in [0.25, 0.3) is 0 Å². The van der Waals surface area contributed by atoms with Crippen LogP contribution in [0.1, 0.15) is 34.7 Å². The maximum Gasteiger partial charge on any atom is 0.123 e. The number of rotatable bonds is 5. The maximum atomic E-state index is 13.4. The van der Waals surface area contributed by atoms with E-state index in [9.17, 15) is 4.39 Å². The molecule has 0 aliphatic heterocycles. The predicted molar refractivity (Wildman–Crippen MR) is 78.1 cm³/mol. The van der Waals surface area contributed by atoms with Crippen molar-refractivity contribution in [2.24, 2.45) is 0 Å². The van der Waals surface area contributed by atoms with Gasteiger partial charge in [-0.1, -0.05) is 13.0 Å². The lowest BCUT2D eigenvalue weighted by molar-refractivity contribution is 0.550. The highest BCUT2D eigenvalue weighted by molar-refractivity contribution is 7.09. The average molecular weight is 278 g/mol. The molecule has 0 bridgehead atoms. The number of hydrogen-bond donors (Lipinski definition) is 1. The molecule has 1 aromatic heterocycles. The largest absolute Gasteiger partial charge is 0.309 e. The van der Waals surface area contributed by atoms with Gasteiger partial charge >= 0.3 is 0 Å². The Labute approximate surface area is 117 Å². The number of benzene rings is 1. The van der Waals surface area contributed by atoms with Crippen LogP contribution in [0, 0.1) is 19.7 Å². The Morgan fingerprint density at radius 3 is 2.79 bits per heavy atom. The number of nitrogens with one attached hydrogen (secondary N) is 1. The van der Waals surface area contributed by atoms with Gasteiger partial charge in [0.1, 0.15) is 5.82 Å². The van der Waals surface area contributed by atoms with Gasteiger partial charge in [-0.05, 0) is 50.1 Å². The maximum absolute atomic E-state index is 13.4. The Kier molecular flexibility index (Phi) is 4.66. The molecular formula is C15H19FN2S. The minimum atomic E-state index is -0.170.